The van der Waals surface area contributed by atoms with Crippen molar-refractivity contribution in [2.45, 2.75) is 25.3 Å². The van der Waals surface area contributed by atoms with Gasteiger partial charge >= 0.3 is 0 Å². The highest BCUT2D eigenvalue weighted by molar-refractivity contribution is 5.81. The van der Waals surface area contributed by atoms with E-state index in [0.29, 0.717) is 6.54 Å². The fraction of sp³-hybridized carbons (Fsp3) is 0.889. The lowest BCUT2D eigenvalue weighted by Gasteiger charge is -2.24. The largest absolute Gasteiger partial charge is 0.395 e. The molecule has 1 aliphatic heterocycles. The Hall–Kier alpha value is -0.610. The zero-order valence-electron chi connectivity index (χ0n) is 8.12. The molecule has 0 aromatic rings. The van der Waals surface area contributed by atoms with Gasteiger partial charge in [-0.2, -0.15) is 0 Å². The highest BCUT2D eigenvalue weighted by atomic mass is 16.3. The van der Waals surface area contributed by atoms with Crippen LogP contribution >= 0.6 is 0 Å². The summed E-state index contributed by atoms with van der Waals surface area (Å²) in [7, 11) is 1.88. The molecule has 1 heterocycles. The molecule has 0 spiro atoms. The first-order valence-electron chi connectivity index (χ1n) is 4.84. The lowest BCUT2D eigenvalue weighted by molar-refractivity contribution is -0.125. The van der Waals surface area contributed by atoms with Crippen LogP contribution in [-0.2, 0) is 4.79 Å². The van der Waals surface area contributed by atoms with Gasteiger partial charge in [0.25, 0.3) is 0 Å². The van der Waals surface area contributed by atoms with Crippen LogP contribution in [0.15, 0.2) is 0 Å². The quantitative estimate of drug-likeness (QED) is 0.629. The maximum Gasteiger partial charge on any atom is 0.237 e. The number of carbonyl (C=O) groups is 1. The number of carbonyl (C=O) groups excluding carboxylic acids is 1. The number of hydrogen-bond donors (Lipinski definition) is 2. The number of amides is 1. The number of hydrogen-bond acceptors (Lipinski definition) is 3. The highest BCUT2D eigenvalue weighted by Crippen LogP contribution is 2.10. The third-order valence-electron chi connectivity index (χ3n) is 2.49. The van der Waals surface area contributed by atoms with Crippen molar-refractivity contribution >= 4 is 5.91 Å². The summed E-state index contributed by atoms with van der Waals surface area (Å²) in [6.45, 7) is 1.47. The van der Waals surface area contributed by atoms with Gasteiger partial charge < -0.3 is 10.4 Å². The number of nitrogens with zero attached hydrogens (tertiary/aromatic N) is 1. The molecule has 0 aromatic heterocycles. The average molecular weight is 186 g/mol. The predicted molar refractivity (Wildman–Crippen MR) is 50.4 cm³/mol. The standard InChI is InChI=1S/C9H18N2O2/c1-11(6-7-12)8-4-2-3-5-10-9(8)13/h8,12H,2-7H2,1H3,(H,10,13). The Balaban J connectivity index is 2.48. The van der Waals surface area contributed by atoms with Crippen molar-refractivity contribution < 1.29 is 9.90 Å². The molecule has 1 saturated heterocycles. The van der Waals surface area contributed by atoms with Gasteiger partial charge in [0, 0.05) is 13.1 Å². The minimum Gasteiger partial charge on any atom is -0.395 e. The van der Waals surface area contributed by atoms with Crippen molar-refractivity contribution in [1.29, 1.82) is 0 Å². The summed E-state index contributed by atoms with van der Waals surface area (Å²) in [4.78, 5) is 13.4. The molecule has 0 aliphatic carbocycles. The molecule has 4 nitrogen and oxygen atoms in total. The van der Waals surface area contributed by atoms with Crippen molar-refractivity contribution in [2.75, 3.05) is 26.7 Å². The summed E-state index contributed by atoms with van der Waals surface area (Å²) in [5.41, 5.74) is 0. The third kappa shape index (κ3) is 2.97. The number of aliphatic hydroxyl groups is 1. The molecule has 1 unspecified atom stereocenters. The molecule has 4 heteroatoms. The molecule has 0 bridgehead atoms. The molecule has 0 saturated carbocycles. The van der Waals surface area contributed by atoms with E-state index in [1.54, 1.807) is 0 Å². The minimum atomic E-state index is -0.0466. The molecule has 1 rings (SSSR count). The van der Waals surface area contributed by atoms with Gasteiger partial charge in [0.05, 0.1) is 12.6 Å². The fourth-order valence-corrected chi connectivity index (χ4v) is 1.66. The molecule has 0 radical (unpaired) electrons. The van der Waals surface area contributed by atoms with Gasteiger partial charge in [-0.15, -0.1) is 0 Å². The van der Waals surface area contributed by atoms with Crippen LogP contribution in [0.4, 0.5) is 0 Å². The third-order valence-corrected chi connectivity index (χ3v) is 2.49. The normalized spacial score (nSPS) is 24.2. The van der Waals surface area contributed by atoms with Gasteiger partial charge in [-0.05, 0) is 26.3 Å². The van der Waals surface area contributed by atoms with E-state index in [2.05, 4.69) is 5.32 Å². The summed E-state index contributed by atoms with van der Waals surface area (Å²) in [6.07, 6.45) is 3.05. The Morgan fingerprint density at radius 1 is 1.62 bits per heavy atom. The zero-order valence-corrected chi connectivity index (χ0v) is 8.12. The summed E-state index contributed by atoms with van der Waals surface area (Å²) in [5, 5.41) is 11.6. The van der Waals surface area contributed by atoms with Gasteiger partial charge in [-0.25, -0.2) is 0 Å². The first kappa shape index (κ1) is 10.5. The monoisotopic (exact) mass is 186 g/mol. The molecule has 1 aliphatic rings. The van der Waals surface area contributed by atoms with E-state index < -0.39 is 0 Å². The summed E-state index contributed by atoms with van der Waals surface area (Å²) in [6, 6.07) is -0.0466. The van der Waals surface area contributed by atoms with Gasteiger partial charge in [-0.3, -0.25) is 9.69 Å². The molecular formula is C9H18N2O2. The van der Waals surface area contributed by atoms with Crippen LogP contribution in [0.1, 0.15) is 19.3 Å². The number of aliphatic hydroxyl groups excluding tert-OH is 1. The van der Waals surface area contributed by atoms with Gasteiger partial charge in [-0.1, -0.05) is 0 Å². The maximum absolute atomic E-state index is 11.5. The van der Waals surface area contributed by atoms with Gasteiger partial charge in [0.15, 0.2) is 0 Å². The van der Waals surface area contributed by atoms with Crippen LogP contribution in [0.2, 0.25) is 0 Å². The Bertz CT molecular complexity index is 173. The second-order valence-corrected chi connectivity index (χ2v) is 3.51. The number of rotatable bonds is 3. The first-order valence-corrected chi connectivity index (χ1v) is 4.84. The fourth-order valence-electron chi connectivity index (χ4n) is 1.66. The van der Waals surface area contributed by atoms with Crippen LogP contribution in [0.5, 0.6) is 0 Å². The van der Waals surface area contributed by atoms with E-state index in [9.17, 15) is 4.79 Å². The molecular weight excluding hydrogens is 168 g/mol. The molecule has 1 atom stereocenters. The van der Waals surface area contributed by atoms with Crippen molar-refractivity contribution in [2.24, 2.45) is 0 Å². The van der Waals surface area contributed by atoms with E-state index in [1.807, 2.05) is 11.9 Å². The number of likely N-dealkylation sites (N-methyl/N-ethyl adjacent to an activating group) is 1. The van der Waals surface area contributed by atoms with E-state index in [0.717, 1.165) is 25.8 Å². The summed E-state index contributed by atoms with van der Waals surface area (Å²) >= 11 is 0. The molecule has 1 fully saturated rings. The van der Waals surface area contributed by atoms with E-state index in [1.165, 1.54) is 0 Å². The van der Waals surface area contributed by atoms with E-state index in [-0.39, 0.29) is 18.6 Å². The van der Waals surface area contributed by atoms with Crippen LogP contribution < -0.4 is 5.32 Å². The first-order chi connectivity index (χ1) is 6.25. The molecule has 0 aromatic carbocycles. The predicted octanol–water partition coefficient (Wildman–Crippen LogP) is -0.421. The van der Waals surface area contributed by atoms with Crippen molar-refractivity contribution in [1.82, 2.24) is 10.2 Å². The van der Waals surface area contributed by atoms with E-state index >= 15 is 0 Å². The van der Waals surface area contributed by atoms with E-state index in [4.69, 9.17) is 5.11 Å². The van der Waals surface area contributed by atoms with Crippen molar-refractivity contribution in [3.63, 3.8) is 0 Å². The van der Waals surface area contributed by atoms with Gasteiger partial charge in [0.2, 0.25) is 5.91 Å². The van der Waals surface area contributed by atoms with Crippen molar-refractivity contribution in [3.8, 4) is 0 Å². The maximum atomic E-state index is 11.5. The lowest BCUT2D eigenvalue weighted by atomic mass is 10.1. The minimum absolute atomic E-state index is 0.0466. The SMILES string of the molecule is CN(CCO)C1CCCCNC1=O. The molecule has 76 valence electrons. The second-order valence-electron chi connectivity index (χ2n) is 3.51. The van der Waals surface area contributed by atoms with Crippen molar-refractivity contribution in [3.05, 3.63) is 0 Å². The summed E-state index contributed by atoms with van der Waals surface area (Å²) in [5.74, 6) is 0.105. The van der Waals surface area contributed by atoms with Crippen LogP contribution in [0, 0.1) is 0 Å². The Morgan fingerprint density at radius 2 is 2.38 bits per heavy atom. The van der Waals surface area contributed by atoms with Crippen LogP contribution in [-0.4, -0.2) is 48.7 Å². The molecule has 13 heavy (non-hydrogen) atoms. The Labute approximate surface area is 78.9 Å². The van der Waals surface area contributed by atoms with Gasteiger partial charge in [0.1, 0.15) is 0 Å². The molecule has 2 N–H and O–H groups in total. The Kier molecular flexibility index (Phi) is 4.18. The zero-order chi connectivity index (χ0) is 9.68. The van der Waals surface area contributed by atoms with Crippen LogP contribution in [0.25, 0.3) is 0 Å². The summed E-state index contributed by atoms with van der Waals surface area (Å²) < 4.78 is 0. The average Bonchev–Trinajstić information content (AvgIpc) is 2.30. The van der Waals surface area contributed by atoms with Crippen LogP contribution in [0.3, 0.4) is 0 Å². The Morgan fingerprint density at radius 3 is 3.08 bits per heavy atom. The smallest absolute Gasteiger partial charge is 0.237 e. The second kappa shape index (κ2) is 5.19. The highest BCUT2D eigenvalue weighted by Gasteiger charge is 2.23. The molecule has 1 amide bonds. The lowest BCUT2D eigenvalue weighted by Crippen LogP contribution is -2.44. The topological polar surface area (TPSA) is 52.6 Å². The number of nitrogens with one attached hydrogen (secondary N) is 1.